The highest BCUT2D eigenvalue weighted by atomic mass is 19.4. The van der Waals surface area contributed by atoms with Gasteiger partial charge in [0.05, 0.1) is 24.1 Å². The summed E-state index contributed by atoms with van der Waals surface area (Å²) >= 11 is 0. The lowest BCUT2D eigenvalue weighted by atomic mass is 10.0. The smallest absolute Gasteiger partial charge is 0.416 e. The molecule has 0 spiro atoms. The molecule has 0 fully saturated rings. The molecule has 9 heteroatoms. The Hall–Kier alpha value is -2.94. The summed E-state index contributed by atoms with van der Waals surface area (Å²) in [5.74, 6) is -0.657. The second-order valence-electron chi connectivity index (χ2n) is 5.82. The third-order valence-electron chi connectivity index (χ3n) is 3.93. The lowest BCUT2D eigenvalue weighted by Crippen LogP contribution is -2.13. The Kier molecular flexibility index (Phi) is 7.33. The van der Waals surface area contributed by atoms with Crippen molar-refractivity contribution in [1.82, 2.24) is 15.0 Å². The molecule has 0 saturated heterocycles. The lowest BCUT2D eigenvalue weighted by molar-refractivity contribution is -0.138. The maximum absolute atomic E-state index is 14.2. The van der Waals surface area contributed by atoms with Crippen molar-refractivity contribution in [1.29, 1.82) is 0 Å². The van der Waals surface area contributed by atoms with Gasteiger partial charge in [-0.05, 0) is 42.8 Å². The molecule has 5 nitrogen and oxygen atoms in total. The van der Waals surface area contributed by atoms with Gasteiger partial charge < -0.3 is 9.84 Å². The highest BCUT2D eigenvalue weighted by Crippen LogP contribution is 2.34. The summed E-state index contributed by atoms with van der Waals surface area (Å²) < 4.78 is 60.3. The molecule has 0 aliphatic rings. The topological polar surface area (TPSA) is 60.2 Å². The fourth-order valence-electron chi connectivity index (χ4n) is 2.49. The van der Waals surface area contributed by atoms with Crippen LogP contribution in [-0.2, 0) is 19.4 Å². The minimum atomic E-state index is -4.67. The molecule has 0 amide bonds. The van der Waals surface area contributed by atoms with Gasteiger partial charge >= 0.3 is 6.18 Å². The van der Waals surface area contributed by atoms with Crippen molar-refractivity contribution in [3.63, 3.8) is 0 Å². The largest absolute Gasteiger partial charge is 0.489 e. The van der Waals surface area contributed by atoms with E-state index in [1.807, 2.05) is 13.8 Å². The van der Waals surface area contributed by atoms with Crippen LogP contribution in [0.1, 0.15) is 36.2 Å². The van der Waals surface area contributed by atoms with E-state index in [0.717, 1.165) is 12.1 Å². The van der Waals surface area contributed by atoms with E-state index in [9.17, 15) is 17.6 Å². The van der Waals surface area contributed by atoms with Crippen molar-refractivity contribution in [2.24, 2.45) is 0 Å². The molecule has 156 valence electrons. The van der Waals surface area contributed by atoms with E-state index in [4.69, 9.17) is 9.84 Å². The summed E-state index contributed by atoms with van der Waals surface area (Å²) in [4.78, 5) is 0. The van der Waals surface area contributed by atoms with Gasteiger partial charge in [0.25, 0.3) is 0 Å². The number of aromatic nitrogens is 3. The summed E-state index contributed by atoms with van der Waals surface area (Å²) in [6.07, 6.45) is -3.14. The molecule has 0 atom stereocenters. The maximum Gasteiger partial charge on any atom is 0.416 e. The van der Waals surface area contributed by atoms with Crippen molar-refractivity contribution < 1.29 is 27.4 Å². The van der Waals surface area contributed by atoms with Gasteiger partial charge in [0.15, 0.2) is 0 Å². The van der Waals surface area contributed by atoms with E-state index in [2.05, 4.69) is 10.3 Å². The molecular weight excluding hydrogens is 390 g/mol. The number of alkyl halides is 3. The molecule has 2 aromatic carbocycles. The zero-order chi connectivity index (χ0) is 21.6. The Morgan fingerprint density at radius 3 is 2.28 bits per heavy atom. The standard InChI is InChI=1S/C18H15F4N3O2.C2H6/c1-11-2-7-16(18(20,21)22)15(17(11)19)10-27-14-5-3-13(4-6-14)25-8-12(9-26)23-24-25;1-2/h2-8,26H,9-10H2,1H3;1-2H3. The minimum absolute atomic E-state index is 0.114. The first-order valence-electron chi connectivity index (χ1n) is 8.90. The summed E-state index contributed by atoms with van der Waals surface area (Å²) in [5, 5.41) is 16.6. The fourth-order valence-corrected chi connectivity index (χ4v) is 2.49. The number of aryl methyl sites for hydroxylation is 1. The molecule has 1 heterocycles. The highest BCUT2D eigenvalue weighted by Gasteiger charge is 2.35. The lowest BCUT2D eigenvalue weighted by Gasteiger charge is -2.16. The van der Waals surface area contributed by atoms with Gasteiger partial charge in [-0.1, -0.05) is 25.1 Å². The summed E-state index contributed by atoms with van der Waals surface area (Å²) in [6, 6.07) is 8.22. The molecule has 0 aliphatic heterocycles. The van der Waals surface area contributed by atoms with E-state index in [1.165, 1.54) is 29.9 Å². The summed E-state index contributed by atoms with van der Waals surface area (Å²) in [5.41, 5.74) is -0.461. The predicted molar refractivity (Wildman–Crippen MR) is 99.1 cm³/mol. The Morgan fingerprint density at radius 2 is 1.72 bits per heavy atom. The number of aliphatic hydroxyl groups excluding tert-OH is 1. The number of hydrogen-bond acceptors (Lipinski definition) is 4. The summed E-state index contributed by atoms with van der Waals surface area (Å²) in [6.45, 7) is 4.59. The third kappa shape index (κ3) is 5.32. The maximum atomic E-state index is 14.2. The number of benzene rings is 2. The van der Waals surface area contributed by atoms with Crippen molar-refractivity contribution in [2.75, 3.05) is 0 Å². The average molecular weight is 411 g/mol. The molecule has 0 unspecified atom stereocenters. The number of aliphatic hydroxyl groups is 1. The van der Waals surface area contributed by atoms with Gasteiger partial charge in [-0.15, -0.1) is 5.10 Å². The summed E-state index contributed by atoms with van der Waals surface area (Å²) in [7, 11) is 0. The van der Waals surface area contributed by atoms with Crippen LogP contribution in [0.5, 0.6) is 5.75 Å². The van der Waals surface area contributed by atoms with Crippen molar-refractivity contribution in [3.05, 3.63) is 70.8 Å². The number of halogens is 4. The van der Waals surface area contributed by atoms with Crippen LogP contribution in [0.2, 0.25) is 0 Å². The predicted octanol–water partition coefficient (Wildman–Crippen LogP) is 4.83. The zero-order valence-electron chi connectivity index (χ0n) is 16.2. The molecule has 1 N–H and O–H groups in total. The van der Waals surface area contributed by atoms with E-state index in [-0.39, 0.29) is 17.9 Å². The first-order chi connectivity index (χ1) is 13.8. The van der Waals surface area contributed by atoms with Crippen LogP contribution < -0.4 is 4.74 Å². The Bertz CT molecular complexity index is 938. The highest BCUT2D eigenvalue weighted by molar-refractivity contribution is 5.38. The molecule has 0 bridgehead atoms. The Morgan fingerprint density at radius 1 is 1.07 bits per heavy atom. The molecule has 0 aliphatic carbocycles. The Labute approximate surface area is 165 Å². The number of ether oxygens (including phenoxy) is 1. The van der Waals surface area contributed by atoms with Gasteiger partial charge in [0.1, 0.15) is 23.9 Å². The first kappa shape index (κ1) is 22.4. The van der Waals surface area contributed by atoms with Gasteiger partial charge in [-0.2, -0.15) is 13.2 Å². The second kappa shape index (κ2) is 9.51. The quantitative estimate of drug-likeness (QED) is 0.611. The van der Waals surface area contributed by atoms with Crippen LogP contribution in [0.4, 0.5) is 17.6 Å². The van der Waals surface area contributed by atoms with Gasteiger partial charge in [0.2, 0.25) is 0 Å². The monoisotopic (exact) mass is 411 g/mol. The molecule has 3 aromatic rings. The van der Waals surface area contributed by atoms with Gasteiger partial charge in [-0.25, -0.2) is 9.07 Å². The molecule has 3 rings (SSSR count). The molecular formula is C20H21F4N3O2. The number of rotatable bonds is 5. The van der Waals surface area contributed by atoms with Crippen LogP contribution in [0.15, 0.2) is 42.6 Å². The Balaban J connectivity index is 0.00000145. The van der Waals surface area contributed by atoms with E-state index in [1.54, 1.807) is 12.1 Å². The molecule has 0 saturated carbocycles. The van der Waals surface area contributed by atoms with Crippen LogP contribution in [0.25, 0.3) is 5.69 Å². The average Bonchev–Trinajstić information content (AvgIpc) is 3.19. The van der Waals surface area contributed by atoms with Crippen molar-refractivity contribution in [3.8, 4) is 11.4 Å². The number of hydrogen-bond donors (Lipinski definition) is 1. The van der Waals surface area contributed by atoms with Crippen LogP contribution in [0, 0.1) is 12.7 Å². The van der Waals surface area contributed by atoms with E-state index in [0.29, 0.717) is 11.4 Å². The first-order valence-corrected chi connectivity index (χ1v) is 8.90. The van der Waals surface area contributed by atoms with Crippen LogP contribution >= 0.6 is 0 Å². The number of nitrogens with zero attached hydrogens (tertiary/aromatic N) is 3. The normalized spacial score (nSPS) is 11.0. The second-order valence-corrected chi connectivity index (χ2v) is 5.82. The molecule has 29 heavy (non-hydrogen) atoms. The third-order valence-corrected chi connectivity index (χ3v) is 3.93. The van der Waals surface area contributed by atoms with Gasteiger partial charge in [-0.3, -0.25) is 0 Å². The van der Waals surface area contributed by atoms with Crippen LogP contribution in [-0.4, -0.2) is 20.1 Å². The minimum Gasteiger partial charge on any atom is -0.489 e. The zero-order valence-corrected chi connectivity index (χ0v) is 16.2. The fraction of sp³-hybridized carbons (Fsp3) is 0.300. The van der Waals surface area contributed by atoms with Crippen molar-refractivity contribution >= 4 is 0 Å². The van der Waals surface area contributed by atoms with Crippen molar-refractivity contribution in [2.45, 2.75) is 40.2 Å². The van der Waals surface area contributed by atoms with E-state index >= 15 is 0 Å². The van der Waals surface area contributed by atoms with E-state index < -0.39 is 29.7 Å². The SMILES string of the molecule is CC.Cc1ccc(C(F)(F)F)c(COc2ccc(-n3cc(CO)nn3)cc2)c1F. The van der Waals surface area contributed by atoms with Crippen LogP contribution in [0.3, 0.4) is 0 Å². The van der Waals surface area contributed by atoms with Gasteiger partial charge in [0, 0.05) is 5.56 Å². The molecule has 0 radical (unpaired) electrons. The molecule has 1 aromatic heterocycles.